The van der Waals surface area contributed by atoms with E-state index in [1.165, 1.54) is 50.6 Å². The van der Waals surface area contributed by atoms with Gasteiger partial charge in [-0.25, -0.2) is 0 Å². The zero-order valence-electron chi connectivity index (χ0n) is 12.6. The first-order valence-electron chi connectivity index (χ1n) is 6.72. The summed E-state index contributed by atoms with van der Waals surface area (Å²) in [7, 11) is -0.420. The maximum Gasteiger partial charge on any atom is 0.488 e. The largest absolute Gasteiger partial charge is 0.493 e. The fraction of sp³-hybridized carbons (Fsp3) is 0.143. The van der Waals surface area contributed by atoms with E-state index in [9.17, 15) is 20.1 Å². The lowest BCUT2D eigenvalue weighted by atomic mass is 9.80. The Morgan fingerprint density at radius 2 is 1.04 bits per heavy atom. The Labute approximate surface area is 134 Å². The zero-order chi connectivity index (χ0) is 17.0. The van der Waals surface area contributed by atoms with Crippen LogP contribution in [0.5, 0.6) is 23.0 Å². The van der Waals surface area contributed by atoms with Crippen LogP contribution in [0, 0.1) is 0 Å². The van der Waals surface area contributed by atoms with Crippen molar-refractivity contribution in [2.24, 2.45) is 0 Å². The molecular formula is C14H16B2O7. The number of rotatable bonds is 6. The predicted octanol–water partition coefficient (Wildman–Crippen LogP) is -1.14. The van der Waals surface area contributed by atoms with E-state index in [-0.39, 0.29) is 22.4 Å². The molecule has 0 amide bonds. The van der Waals surface area contributed by atoms with Crippen LogP contribution in [0.15, 0.2) is 36.4 Å². The van der Waals surface area contributed by atoms with E-state index >= 15 is 0 Å². The third kappa shape index (κ3) is 3.96. The molecule has 23 heavy (non-hydrogen) atoms. The first kappa shape index (κ1) is 17.2. The molecule has 0 aromatic heterocycles. The molecule has 2 aromatic carbocycles. The first-order chi connectivity index (χ1) is 11.0. The monoisotopic (exact) mass is 318 g/mol. The molecule has 0 unspecified atom stereocenters. The van der Waals surface area contributed by atoms with Gasteiger partial charge in [0.05, 0.1) is 14.2 Å². The van der Waals surface area contributed by atoms with Gasteiger partial charge in [0.2, 0.25) is 0 Å². The molecule has 9 heteroatoms. The standard InChI is InChI=1S/C14H16B2O7/c1-21-11-5-3-9(15(17)18)7-13(11)23-14-8-10(16(19)20)4-6-12(14)22-2/h3-8,17-20H,1-2H3. The molecule has 0 saturated heterocycles. The maximum absolute atomic E-state index is 9.26. The molecular weight excluding hydrogens is 302 g/mol. The Hall–Kier alpha value is -2.19. The van der Waals surface area contributed by atoms with E-state index in [1.807, 2.05) is 0 Å². The molecule has 0 aliphatic carbocycles. The minimum Gasteiger partial charge on any atom is -0.493 e. The lowest BCUT2D eigenvalue weighted by Gasteiger charge is -2.15. The van der Waals surface area contributed by atoms with E-state index in [0.29, 0.717) is 11.5 Å². The summed E-state index contributed by atoms with van der Waals surface area (Å²) in [5.41, 5.74) is 0.441. The van der Waals surface area contributed by atoms with Crippen LogP contribution in [0.3, 0.4) is 0 Å². The average molecular weight is 318 g/mol. The molecule has 0 atom stereocenters. The number of benzene rings is 2. The molecule has 4 N–H and O–H groups in total. The Bertz CT molecular complexity index is 619. The normalized spacial score (nSPS) is 10.2. The van der Waals surface area contributed by atoms with E-state index in [4.69, 9.17) is 14.2 Å². The fourth-order valence-electron chi connectivity index (χ4n) is 1.99. The number of methoxy groups -OCH3 is 2. The highest BCUT2D eigenvalue weighted by Gasteiger charge is 2.18. The highest BCUT2D eigenvalue weighted by Crippen LogP contribution is 2.35. The van der Waals surface area contributed by atoms with Crippen molar-refractivity contribution < 1.29 is 34.3 Å². The smallest absolute Gasteiger partial charge is 0.488 e. The van der Waals surface area contributed by atoms with Crippen molar-refractivity contribution in [1.29, 1.82) is 0 Å². The number of ether oxygens (including phenoxy) is 3. The van der Waals surface area contributed by atoms with Gasteiger partial charge in [0.25, 0.3) is 0 Å². The molecule has 2 rings (SSSR count). The van der Waals surface area contributed by atoms with Crippen LogP contribution in [0.25, 0.3) is 0 Å². The van der Waals surface area contributed by atoms with Crippen LogP contribution >= 0.6 is 0 Å². The van der Waals surface area contributed by atoms with E-state index in [0.717, 1.165) is 0 Å². The molecule has 0 spiro atoms. The second-order valence-electron chi connectivity index (χ2n) is 4.67. The molecule has 7 nitrogen and oxygen atoms in total. The summed E-state index contributed by atoms with van der Waals surface area (Å²) >= 11 is 0. The summed E-state index contributed by atoms with van der Waals surface area (Å²) in [5.74, 6) is 1.18. The van der Waals surface area contributed by atoms with Gasteiger partial charge in [-0.1, -0.05) is 12.1 Å². The second kappa shape index (κ2) is 7.38. The van der Waals surface area contributed by atoms with E-state index in [2.05, 4.69) is 0 Å². The molecule has 0 heterocycles. The van der Waals surface area contributed by atoms with Crippen molar-refractivity contribution in [3.63, 3.8) is 0 Å². The first-order valence-corrected chi connectivity index (χ1v) is 6.72. The lowest BCUT2D eigenvalue weighted by Crippen LogP contribution is -2.30. The summed E-state index contributed by atoms with van der Waals surface area (Å²) < 4.78 is 16.1. The van der Waals surface area contributed by atoms with E-state index < -0.39 is 14.2 Å². The predicted molar refractivity (Wildman–Crippen MR) is 85.7 cm³/mol. The van der Waals surface area contributed by atoms with Gasteiger partial charge in [0.1, 0.15) is 0 Å². The minimum atomic E-state index is -1.66. The summed E-state index contributed by atoms with van der Waals surface area (Å²) in [5, 5.41) is 37.1. The number of hydrogen-bond donors (Lipinski definition) is 4. The van der Waals surface area contributed by atoms with Gasteiger partial charge in [-0.15, -0.1) is 0 Å². The van der Waals surface area contributed by atoms with Gasteiger partial charge in [0.15, 0.2) is 23.0 Å². The van der Waals surface area contributed by atoms with Crippen LogP contribution in [-0.4, -0.2) is 48.6 Å². The lowest BCUT2D eigenvalue weighted by molar-refractivity contribution is 0.356. The van der Waals surface area contributed by atoms with Crippen LogP contribution in [0.2, 0.25) is 0 Å². The third-order valence-electron chi connectivity index (χ3n) is 3.19. The van der Waals surface area contributed by atoms with Crippen LogP contribution in [0.1, 0.15) is 0 Å². The third-order valence-corrected chi connectivity index (χ3v) is 3.19. The van der Waals surface area contributed by atoms with Gasteiger partial charge in [-0.3, -0.25) is 0 Å². The van der Waals surface area contributed by atoms with Crippen LogP contribution < -0.4 is 25.1 Å². The molecule has 0 aliphatic heterocycles. The highest BCUT2D eigenvalue weighted by atomic mass is 16.5. The molecule has 0 bridgehead atoms. The fourth-order valence-corrected chi connectivity index (χ4v) is 1.99. The molecule has 0 aliphatic rings. The summed E-state index contributed by atoms with van der Waals surface area (Å²) in [6.45, 7) is 0. The summed E-state index contributed by atoms with van der Waals surface area (Å²) in [4.78, 5) is 0. The second-order valence-corrected chi connectivity index (χ2v) is 4.67. The molecule has 0 saturated carbocycles. The minimum absolute atomic E-state index is 0.220. The molecule has 120 valence electrons. The van der Waals surface area contributed by atoms with E-state index in [1.54, 1.807) is 0 Å². The summed E-state index contributed by atoms with van der Waals surface area (Å²) in [6, 6.07) is 8.85. The van der Waals surface area contributed by atoms with Crippen molar-refractivity contribution >= 4 is 25.2 Å². The van der Waals surface area contributed by atoms with Crippen LogP contribution in [0.4, 0.5) is 0 Å². The number of hydrogen-bond acceptors (Lipinski definition) is 7. The zero-order valence-corrected chi connectivity index (χ0v) is 12.6. The molecule has 2 aromatic rings. The van der Waals surface area contributed by atoms with Gasteiger partial charge in [-0.2, -0.15) is 0 Å². The highest BCUT2D eigenvalue weighted by molar-refractivity contribution is 6.59. The summed E-state index contributed by atoms with van der Waals surface area (Å²) in [6.07, 6.45) is 0. The van der Waals surface area contributed by atoms with Crippen molar-refractivity contribution in [2.45, 2.75) is 0 Å². The average Bonchev–Trinajstić information content (AvgIpc) is 2.54. The quantitative estimate of drug-likeness (QED) is 0.498. The molecule has 0 radical (unpaired) electrons. The maximum atomic E-state index is 9.26. The SMILES string of the molecule is COc1ccc(B(O)O)cc1Oc1cc(B(O)O)ccc1OC. The van der Waals surface area contributed by atoms with Crippen molar-refractivity contribution in [3.05, 3.63) is 36.4 Å². The van der Waals surface area contributed by atoms with Crippen LogP contribution in [-0.2, 0) is 0 Å². The van der Waals surface area contributed by atoms with Gasteiger partial charge in [0, 0.05) is 0 Å². The Morgan fingerprint density at radius 1 is 0.652 bits per heavy atom. The molecule has 0 fully saturated rings. The Kier molecular flexibility index (Phi) is 5.51. The van der Waals surface area contributed by atoms with Gasteiger partial charge < -0.3 is 34.3 Å². The van der Waals surface area contributed by atoms with Gasteiger partial charge in [-0.05, 0) is 35.2 Å². The van der Waals surface area contributed by atoms with Crippen molar-refractivity contribution in [1.82, 2.24) is 0 Å². The Morgan fingerprint density at radius 3 is 1.35 bits per heavy atom. The van der Waals surface area contributed by atoms with Gasteiger partial charge >= 0.3 is 14.2 Å². The van der Waals surface area contributed by atoms with Crippen molar-refractivity contribution in [3.8, 4) is 23.0 Å². The van der Waals surface area contributed by atoms with Crippen molar-refractivity contribution in [2.75, 3.05) is 14.2 Å². The topological polar surface area (TPSA) is 109 Å². The Balaban J connectivity index is 2.44.